The summed E-state index contributed by atoms with van der Waals surface area (Å²) in [6.07, 6.45) is 0.913. The van der Waals surface area contributed by atoms with Crippen molar-refractivity contribution in [1.82, 2.24) is 4.31 Å². The van der Waals surface area contributed by atoms with Gasteiger partial charge in [0.15, 0.2) is 0 Å². The lowest BCUT2D eigenvalue weighted by Gasteiger charge is -2.18. The number of likely N-dealkylation sites (N-methyl/N-ethyl adjacent to an activating group) is 1. The van der Waals surface area contributed by atoms with E-state index in [1.807, 2.05) is 19.1 Å². The Morgan fingerprint density at radius 1 is 1.15 bits per heavy atom. The maximum Gasteiger partial charge on any atom is 0.243 e. The van der Waals surface area contributed by atoms with Crippen LogP contribution in [-0.4, -0.2) is 39.3 Å². The summed E-state index contributed by atoms with van der Waals surface area (Å²) in [5.74, 6) is 0.213. The van der Waals surface area contributed by atoms with E-state index in [1.54, 1.807) is 25.1 Å². The molecule has 0 spiro atoms. The minimum Gasteiger partial charge on any atom is -0.496 e. The average molecular weight is 376 g/mol. The predicted octanol–water partition coefficient (Wildman–Crippen LogP) is 2.83. The molecular formula is C19H24N2O4S. The van der Waals surface area contributed by atoms with Gasteiger partial charge in [-0.15, -0.1) is 0 Å². The Morgan fingerprint density at radius 3 is 2.35 bits per heavy atom. The number of amides is 1. The largest absolute Gasteiger partial charge is 0.496 e. The van der Waals surface area contributed by atoms with Crippen LogP contribution in [0.1, 0.15) is 18.1 Å². The number of carbonyl (C=O) groups excluding carboxylic acids is 1. The summed E-state index contributed by atoms with van der Waals surface area (Å²) in [5.41, 5.74) is 2.51. The van der Waals surface area contributed by atoms with Crippen LogP contribution < -0.4 is 10.1 Å². The molecule has 0 fully saturated rings. The van der Waals surface area contributed by atoms with Crippen molar-refractivity contribution in [3.63, 3.8) is 0 Å². The second-order valence-corrected chi connectivity index (χ2v) is 8.04. The lowest BCUT2D eigenvalue weighted by molar-refractivity contribution is -0.116. The summed E-state index contributed by atoms with van der Waals surface area (Å²) in [6, 6.07) is 12.1. The van der Waals surface area contributed by atoms with E-state index in [4.69, 9.17) is 4.74 Å². The van der Waals surface area contributed by atoms with Crippen LogP contribution >= 0.6 is 0 Å². The maximum atomic E-state index is 12.7. The molecule has 0 aromatic heterocycles. The van der Waals surface area contributed by atoms with Crippen LogP contribution in [0.2, 0.25) is 0 Å². The molecule has 1 N–H and O–H groups in total. The molecule has 0 heterocycles. The second-order valence-electron chi connectivity index (χ2n) is 5.99. The fraction of sp³-hybridized carbons (Fsp3) is 0.316. The molecule has 2 aromatic carbocycles. The van der Waals surface area contributed by atoms with Crippen LogP contribution in [0.25, 0.3) is 0 Å². The first-order valence-electron chi connectivity index (χ1n) is 8.27. The number of aryl methyl sites for hydroxylation is 2. The SMILES string of the molecule is CCc1ccc(NC(=O)CN(C)S(=O)(=O)c2ccc(OC)c(C)c2)cc1. The molecule has 7 heteroatoms. The van der Waals surface area contributed by atoms with Crippen LogP contribution in [-0.2, 0) is 21.2 Å². The summed E-state index contributed by atoms with van der Waals surface area (Å²) in [7, 11) is -0.856. The van der Waals surface area contributed by atoms with E-state index >= 15 is 0 Å². The van der Waals surface area contributed by atoms with E-state index in [0.717, 1.165) is 16.3 Å². The molecule has 0 unspecified atom stereocenters. The second kappa shape index (κ2) is 8.33. The van der Waals surface area contributed by atoms with E-state index in [0.29, 0.717) is 17.0 Å². The van der Waals surface area contributed by atoms with Gasteiger partial charge in [-0.2, -0.15) is 4.31 Å². The number of nitrogens with one attached hydrogen (secondary N) is 1. The molecule has 140 valence electrons. The third-order valence-electron chi connectivity index (χ3n) is 4.09. The highest BCUT2D eigenvalue weighted by atomic mass is 32.2. The van der Waals surface area contributed by atoms with Crippen LogP contribution in [0.15, 0.2) is 47.4 Å². The Kier molecular flexibility index (Phi) is 6.39. The first kappa shape index (κ1) is 19.9. The van der Waals surface area contributed by atoms with Crippen molar-refractivity contribution >= 4 is 21.6 Å². The highest BCUT2D eigenvalue weighted by Gasteiger charge is 2.23. The third kappa shape index (κ3) is 4.62. The van der Waals surface area contributed by atoms with Crippen molar-refractivity contribution in [2.75, 3.05) is 26.0 Å². The molecule has 2 aromatic rings. The molecule has 0 aliphatic heterocycles. The molecule has 0 saturated heterocycles. The minimum absolute atomic E-state index is 0.124. The zero-order valence-electron chi connectivity index (χ0n) is 15.4. The fourth-order valence-electron chi connectivity index (χ4n) is 2.50. The number of anilines is 1. The first-order chi connectivity index (χ1) is 12.3. The Bertz CT molecular complexity index is 877. The molecule has 0 bridgehead atoms. The minimum atomic E-state index is -3.77. The summed E-state index contributed by atoms with van der Waals surface area (Å²) < 4.78 is 31.5. The van der Waals surface area contributed by atoms with Gasteiger partial charge in [0.25, 0.3) is 0 Å². The zero-order chi connectivity index (χ0) is 19.3. The number of carbonyl (C=O) groups is 1. The van der Waals surface area contributed by atoms with Crippen molar-refractivity contribution in [2.45, 2.75) is 25.2 Å². The van der Waals surface area contributed by atoms with Crippen LogP contribution in [0, 0.1) is 6.92 Å². The van der Waals surface area contributed by atoms with Gasteiger partial charge < -0.3 is 10.1 Å². The van der Waals surface area contributed by atoms with Crippen molar-refractivity contribution in [1.29, 1.82) is 0 Å². The molecule has 0 aliphatic carbocycles. The van der Waals surface area contributed by atoms with Crippen molar-refractivity contribution in [2.24, 2.45) is 0 Å². The predicted molar refractivity (Wildman–Crippen MR) is 102 cm³/mol. The zero-order valence-corrected chi connectivity index (χ0v) is 16.3. The Hall–Kier alpha value is -2.38. The van der Waals surface area contributed by atoms with E-state index in [-0.39, 0.29) is 11.4 Å². The summed E-state index contributed by atoms with van der Waals surface area (Å²) >= 11 is 0. The van der Waals surface area contributed by atoms with E-state index < -0.39 is 15.9 Å². The van der Waals surface area contributed by atoms with Crippen molar-refractivity contribution < 1.29 is 17.9 Å². The van der Waals surface area contributed by atoms with Gasteiger partial charge in [0.05, 0.1) is 18.6 Å². The Labute approximate surface area is 154 Å². The van der Waals surface area contributed by atoms with Gasteiger partial charge >= 0.3 is 0 Å². The number of ether oxygens (including phenoxy) is 1. The van der Waals surface area contributed by atoms with Gasteiger partial charge in [-0.25, -0.2) is 8.42 Å². The number of methoxy groups -OCH3 is 1. The molecule has 0 saturated carbocycles. The molecule has 6 nitrogen and oxygen atoms in total. The van der Waals surface area contributed by atoms with Gasteiger partial charge in [0.2, 0.25) is 15.9 Å². The van der Waals surface area contributed by atoms with Gasteiger partial charge in [0, 0.05) is 12.7 Å². The van der Waals surface area contributed by atoms with E-state index in [2.05, 4.69) is 5.32 Å². The quantitative estimate of drug-likeness (QED) is 0.806. The molecule has 0 aliphatic rings. The highest BCUT2D eigenvalue weighted by Crippen LogP contribution is 2.23. The van der Waals surface area contributed by atoms with Crippen LogP contribution in [0.3, 0.4) is 0 Å². The lowest BCUT2D eigenvalue weighted by atomic mass is 10.1. The van der Waals surface area contributed by atoms with Crippen LogP contribution in [0.5, 0.6) is 5.75 Å². The Morgan fingerprint density at radius 2 is 1.81 bits per heavy atom. The Balaban J connectivity index is 2.07. The normalized spacial score (nSPS) is 11.4. The van der Waals surface area contributed by atoms with Gasteiger partial charge in [-0.3, -0.25) is 4.79 Å². The lowest BCUT2D eigenvalue weighted by Crippen LogP contribution is -2.35. The number of nitrogens with zero attached hydrogens (tertiary/aromatic N) is 1. The van der Waals surface area contributed by atoms with Crippen molar-refractivity contribution in [3.05, 3.63) is 53.6 Å². The van der Waals surface area contributed by atoms with E-state index in [1.165, 1.54) is 26.3 Å². The van der Waals surface area contributed by atoms with Gasteiger partial charge in [0.1, 0.15) is 5.75 Å². The maximum absolute atomic E-state index is 12.7. The van der Waals surface area contributed by atoms with E-state index in [9.17, 15) is 13.2 Å². The summed E-state index contributed by atoms with van der Waals surface area (Å²) in [4.78, 5) is 12.3. The highest BCUT2D eigenvalue weighted by molar-refractivity contribution is 7.89. The number of sulfonamides is 1. The van der Waals surface area contributed by atoms with Crippen LogP contribution in [0.4, 0.5) is 5.69 Å². The van der Waals surface area contributed by atoms with Crippen molar-refractivity contribution in [3.8, 4) is 5.75 Å². The molecular weight excluding hydrogens is 352 g/mol. The molecule has 26 heavy (non-hydrogen) atoms. The average Bonchev–Trinajstić information content (AvgIpc) is 2.62. The fourth-order valence-corrected chi connectivity index (χ4v) is 3.72. The number of benzene rings is 2. The number of rotatable bonds is 7. The first-order valence-corrected chi connectivity index (χ1v) is 9.71. The monoisotopic (exact) mass is 376 g/mol. The molecule has 0 atom stereocenters. The molecule has 0 radical (unpaired) electrons. The smallest absolute Gasteiger partial charge is 0.243 e. The molecule has 2 rings (SSSR count). The summed E-state index contributed by atoms with van der Waals surface area (Å²) in [6.45, 7) is 3.54. The standard InChI is InChI=1S/C19H24N2O4S/c1-5-15-6-8-16(9-7-15)20-19(22)13-21(3)26(23,24)17-10-11-18(25-4)14(2)12-17/h6-12H,5,13H2,1-4H3,(H,20,22). The topological polar surface area (TPSA) is 75.7 Å². The number of hydrogen-bond donors (Lipinski definition) is 1. The molecule has 1 amide bonds. The number of hydrogen-bond acceptors (Lipinski definition) is 4. The summed E-state index contributed by atoms with van der Waals surface area (Å²) in [5, 5.41) is 2.71. The van der Waals surface area contributed by atoms with Gasteiger partial charge in [-0.1, -0.05) is 19.1 Å². The van der Waals surface area contributed by atoms with Gasteiger partial charge in [-0.05, 0) is 54.8 Å². The third-order valence-corrected chi connectivity index (χ3v) is 5.89.